The van der Waals surface area contributed by atoms with Crippen molar-refractivity contribution in [1.29, 1.82) is 0 Å². The molecule has 0 unspecified atom stereocenters. The quantitative estimate of drug-likeness (QED) is 0.902. The molecular formula is C13H14FN3O. The fourth-order valence-corrected chi connectivity index (χ4v) is 1.45. The van der Waals surface area contributed by atoms with Crippen LogP contribution in [0.15, 0.2) is 30.5 Å². The van der Waals surface area contributed by atoms with Crippen LogP contribution in [0.1, 0.15) is 12.5 Å². The molecule has 0 bridgehead atoms. The molecular weight excluding hydrogens is 233 g/mol. The van der Waals surface area contributed by atoms with Gasteiger partial charge in [0, 0.05) is 7.05 Å². The fraction of sp³-hybridized carbons (Fsp3) is 0.231. The summed E-state index contributed by atoms with van der Waals surface area (Å²) in [5.41, 5.74) is 1.20. The zero-order valence-corrected chi connectivity index (χ0v) is 10.3. The number of nitrogens with zero attached hydrogens (tertiary/aromatic N) is 2. The Labute approximate surface area is 105 Å². The minimum absolute atomic E-state index is 0.0846. The predicted molar refractivity (Wildman–Crippen MR) is 67.4 cm³/mol. The van der Waals surface area contributed by atoms with E-state index in [1.807, 2.05) is 12.1 Å². The minimum Gasteiger partial charge on any atom is -0.436 e. The lowest BCUT2D eigenvalue weighted by atomic mass is 10.2. The third-order valence-corrected chi connectivity index (χ3v) is 2.48. The van der Waals surface area contributed by atoms with E-state index in [-0.39, 0.29) is 5.88 Å². The van der Waals surface area contributed by atoms with Gasteiger partial charge in [-0.15, -0.1) is 0 Å². The molecule has 0 atom stereocenters. The number of benzene rings is 1. The molecule has 0 amide bonds. The number of rotatable bonds is 4. The molecule has 0 aliphatic rings. The van der Waals surface area contributed by atoms with Gasteiger partial charge in [0.15, 0.2) is 0 Å². The summed E-state index contributed by atoms with van der Waals surface area (Å²) in [4.78, 5) is 7.66. The van der Waals surface area contributed by atoms with Crippen LogP contribution in [0.5, 0.6) is 11.6 Å². The second-order valence-electron chi connectivity index (χ2n) is 3.70. The molecule has 94 valence electrons. The zero-order chi connectivity index (χ0) is 13.0. The Morgan fingerprint density at radius 2 is 2.00 bits per heavy atom. The maximum atomic E-state index is 13.5. The number of aryl methyl sites for hydroxylation is 1. The summed E-state index contributed by atoms with van der Waals surface area (Å²) in [6, 6.07) is 7.46. The van der Waals surface area contributed by atoms with E-state index in [1.54, 1.807) is 19.2 Å². The minimum atomic E-state index is -0.589. The Bertz CT molecular complexity index is 528. The summed E-state index contributed by atoms with van der Waals surface area (Å²) < 4.78 is 18.8. The van der Waals surface area contributed by atoms with E-state index in [9.17, 15) is 4.39 Å². The van der Waals surface area contributed by atoms with E-state index in [2.05, 4.69) is 22.2 Å². The highest BCUT2D eigenvalue weighted by atomic mass is 19.1. The van der Waals surface area contributed by atoms with Gasteiger partial charge in [0.1, 0.15) is 5.75 Å². The molecule has 0 radical (unpaired) electrons. The van der Waals surface area contributed by atoms with Gasteiger partial charge in [-0.2, -0.15) is 9.37 Å². The molecule has 0 aliphatic carbocycles. The maximum Gasteiger partial charge on any atom is 0.260 e. The molecule has 18 heavy (non-hydrogen) atoms. The summed E-state index contributed by atoms with van der Waals surface area (Å²) in [6.07, 6.45) is 2.03. The standard InChI is InChI=1S/C13H14FN3O/c1-3-9-4-6-10(7-5-9)18-12-11(14)8-16-13(15-2)17-12/h4-8H,3H2,1-2H3,(H,15,16,17). The van der Waals surface area contributed by atoms with E-state index in [0.29, 0.717) is 11.7 Å². The van der Waals surface area contributed by atoms with E-state index in [4.69, 9.17) is 4.74 Å². The maximum absolute atomic E-state index is 13.5. The number of nitrogens with one attached hydrogen (secondary N) is 1. The zero-order valence-electron chi connectivity index (χ0n) is 10.3. The van der Waals surface area contributed by atoms with Crippen LogP contribution < -0.4 is 10.1 Å². The molecule has 2 aromatic rings. The highest BCUT2D eigenvalue weighted by Crippen LogP contribution is 2.23. The Morgan fingerprint density at radius 1 is 1.28 bits per heavy atom. The van der Waals surface area contributed by atoms with E-state index >= 15 is 0 Å². The number of ether oxygens (including phenoxy) is 1. The molecule has 0 saturated heterocycles. The van der Waals surface area contributed by atoms with Gasteiger partial charge >= 0.3 is 0 Å². The third-order valence-electron chi connectivity index (χ3n) is 2.48. The molecule has 0 aliphatic heterocycles. The van der Waals surface area contributed by atoms with Crippen molar-refractivity contribution in [3.8, 4) is 11.6 Å². The Hall–Kier alpha value is -2.17. The first-order valence-electron chi connectivity index (χ1n) is 5.70. The Kier molecular flexibility index (Phi) is 3.72. The van der Waals surface area contributed by atoms with Crippen LogP contribution in [-0.2, 0) is 6.42 Å². The number of hydrogen-bond donors (Lipinski definition) is 1. The number of anilines is 1. The molecule has 4 nitrogen and oxygen atoms in total. The molecule has 1 heterocycles. The summed E-state index contributed by atoms with van der Waals surface area (Å²) in [5.74, 6) is 0.190. The molecule has 1 aromatic heterocycles. The molecule has 0 saturated carbocycles. The van der Waals surface area contributed by atoms with Crippen molar-refractivity contribution in [3.63, 3.8) is 0 Å². The first-order valence-corrected chi connectivity index (χ1v) is 5.70. The highest BCUT2D eigenvalue weighted by molar-refractivity contribution is 5.33. The van der Waals surface area contributed by atoms with Gasteiger partial charge < -0.3 is 10.1 Å². The van der Waals surface area contributed by atoms with Crippen molar-refractivity contribution in [2.24, 2.45) is 0 Å². The van der Waals surface area contributed by atoms with Crippen molar-refractivity contribution < 1.29 is 9.13 Å². The smallest absolute Gasteiger partial charge is 0.260 e. The van der Waals surface area contributed by atoms with Crippen LogP contribution in [-0.4, -0.2) is 17.0 Å². The topological polar surface area (TPSA) is 47.0 Å². The van der Waals surface area contributed by atoms with Crippen LogP contribution >= 0.6 is 0 Å². The first-order chi connectivity index (χ1) is 8.72. The molecule has 1 aromatic carbocycles. The largest absolute Gasteiger partial charge is 0.436 e. The van der Waals surface area contributed by atoms with Gasteiger partial charge in [0.25, 0.3) is 5.88 Å². The summed E-state index contributed by atoms with van der Waals surface area (Å²) in [5, 5.41) is 2.73. The number of aromatic nitrogens is 2. The molecule has 2 rings (SSSR count). The van der Waals surface area contributed by atoms with Gasteiger partial charge in [-0.3, -0.25) is 0 Å². The van der Waals surface area contributed by atoms with Crippen molar-refractivity contribution in [2.45, 2.75) is 13.3 Å². The summed E-state index contributed by atoms with van der Waals surface area (Å²) >= 11 is 0. The van der Waals surface area contributed by atoms with Crippen LogP contribution in [0.2, 0.25) is 0 Å². The van der Waals surface area contributed by atoms with Gasteiger partial charge in [-0.25, -0.2) is 4.98 Å². The van der Waals surface area contributed by atoms with Crippen molar-refractivity contribution >= 4 is 5.95 Å². The average molecular weight is 247 g/mol. The average Bonchev–Trinajstić information content (AvgIpc) is 2.42. The van der Waals surface area contributed by atoms with Crippen molar-refractivity contribution in [1.82, 2.24) is 9.97 Å². The number of hydrogen-bond acceptors (Lipinski definition) is 4. The third kappa shape index (κ3) is 2.74. The molecule has 0 spiro atoms. The highest BCUT2D eigenvalue weighted by Gasteiger charge is 2.08. The van der Waals surface area contributed by atoms with E-state index < -0.39 is 5.82 Å². The second-order valence-corrected chi connectivity index (χ2v) is 3.70. The van der Waals surface area contributed by atoms with Crippen LogP contribution in [0.3, 0.4) is 0 Å². The van der Waals surface area contributed by atoms with E-state index in [1.165, 1.54) is 5.56 Å². The Balaban J connectivity index is 2.21. The van der Waals surface area contributed by atoms with Crippen LogP contribution in [0, 0.1) is 5.82 Å². The molecule has 1 N–H and O–H groups in total. The lowest BCUT2D eigenvalue weighted by Crippen LogP contribution is -2.00. The molecule has 0 fully saturated rings. The SMILES string of the molecule is CCc1ccc(Oc2nc(NC)ncc2F)cc1. The van der Waals surface area contributed by atoms with Crippen molar-refractivity contribution in [2.75, 3.05) is 12.4 Å². The normalized spacial score (nSPS) is 10.2. The number of halogens is 1. The lowest BCUT2D eigenvalue weighted by Gasteiger charge is -2.07. The van der Waals surface area contributed by atoms with Gasteiger partial charge in [0.2, 0.25) is 11.8 Å². The second kappa shape index (κ2) is 5.44. The van der Waals surface area contributed by atoms with Gasteiger partial charge in [0.05, 0.1) is 6.20 Å². The van der Waals surface area contributed by atoms with Crippen molar-refractivity contribution in [3.05, 3.63) is 41.8 Å². The Morgan fingerprint density at radius 3 is 2.61 bits per heavy atom. The molecule has 5 heteroatoms. The lowest BCUT2D eigenvalue weighted by molar-refractivity contribution is 0.420. The predicted octanol–water partition coefficient (Wildman–Crippen LogP) is 3.01. The van der Waals surface area contributed by atoms with E-state index in [0.717, 1.165) is 12.6 Å². The van der Waals surface area contributed by atoms with Crippen LogP contribution in [0.25, 0.3) is 0 Å². The van der Waals surface area contributed by atoms with Gasteiger partial charge in [-0.05, 0) is 24.1 Å². The van der Waals surface area contributed by atoms with Crippen LogP contribution in [0.4, 0.5) is 10.3 Å². The fourth-order valence-electron chi connectivity index (χ4n) is 1.45. The monoisotopic (exact) mass is 247 g/mol. The summed E-state index contributed by atoms with van der Waals surface area (Å²) in [6.45, 7) is 2.07. The summed E-state index contributed by atoms with van der Waals surface area (Å²) in [7, 11) is 1.66. The first kappa shape index (κ1) is 12.3. The van der Waals surface area contributed by atoms with Gasteiger partial charge in [-0.1, -0.05) is 19.1 Å².